The minimum absolute atomic E-state index is 0.0256. The molecule has 11 aromatic rings. The number of fused-ring (bicyclic) bond motifs is 3. The van der Waals surface area contributed by atoms with E-state index in [-0.39, 0.29) is 132 Å². The van der Waals surface area contributed by atoms with Crippen LogP contribution in [-0.4, -0.2) is 215 Å². The lowest BCUT2D eigenvalue weighted by molar-refractivity contribution is 0.0598. The van der Waals surface area contributed by atoms with Crippen molar-refractivity contribution in [2.24, 2.45) is 0 Å². The third-order valence-electron chi connectivity index (χ3n) is 16.9. The van der Waals surface area contributed by atoms with Crippen LogP contribution < -0.4 is 11.1 Å². The van der Waals surface area contributed by atoms with Crippen molar-refractivity contribution >= 4 is 259 Å². The average molecular weight is 1860 g/mol. The van der Waals surface area contributed by atoms with Crippen molar-refractivity contribution in [1.29, 1.82) is 10.7 Å². The molecule has 2 amide bonds. The number of carbonyl (C=O) groups is 5. The van der Waals surface area contributed by atoms with Crippen molar-refractivity contribution in [3.05, 3.63) is 205 Å². The van der Waals surface area contributed by atoms with Gasteiger partial charge in [-0.05, 0) is 88.9 Å². The van der Waals surface area contributed by atoms with Gasteiger partial charge in [0, 0.05) is 157 Å². The number of nitrogens with one attached hydrogen (secondary N) is 5. The van der Waals surface area contributed by atoms with Gasteiger partial charge >= 0.3 is 17.9 Å². The van der Waals surface area contributed by atoms with E-state index in [1.807, 2.05) is 6.07 Å². The Morgan fingerprint density at radius 1 is 0.513 bits per heavy atom. The predicted molar refractivity (Wildman–Crippen MR) is 451 cm³/mol. The summed E-state index contributed by atoms with van der Waals surface area (Å²) in [5, 5.41) is 41.4. The number of carboxylic acids is 1. The van der Waals surface area contributed by atoms with Crippen LogP contribution in [0.5, 0.6) is 0 Å². The third-order valence-corrected chi connectivity index (χ3v) is 29.8. The fraction of sp³-hybridized carbons (Fsp3) is 0.229. The van der Waals surface area contributed by atoms with Crippen LogP contribution in [0, 0.1) is 36.5 Å². The number of hydrogen-bond acceptors (Lipinski definition) is 22. The van der Waals surface area contributed by atoms with Crippen molar-refractivity contribution in [2.45, 2.75) is 15.1 Å². The minimum atomic E-state index is -3.74. The maximum atomic E-state index is 13.1. The van der Waals surface area contributed by atoms with Gasteiger partial charge < -0.3 is 55.3 Å². The molecule has 3 fully saturated rings. The molecule has 0 bridgehead atoms. The Morgan fingerprint density at radius 3 is 1.23 bits per heavy atom. The van der Waals surface area contributed by atoms with Crippen LogP contribution in [0.25, 0.3) is 47.2 Å². The average Bonchev–Trinajstić information content (AvgIpc) is 1.63. The second kappa shape index (κ2) is 39.4. The maximum absolute atomic E-state index is 13.1. The first kappa shape index (κ1) is 90.0. The Morgan fingerprint density at radius 2 is 0.870 bits per heavy atom. The number of piperazine rings is 3. The number of nitrogens with zero attached hydrogens (tertiary/aromatic N) is 10. The number of halogens is 7. The number of methoxy groups -OCH3 is 2. The summed E-state index contributed by atoms with van der Waals surface area (Å²) in [6.07, 6.45) is 0. The van der Waals surface area contributed by atoms with Gasteiger partial charge in [-0.3, -0.25) is 15.0 Å². The number of nitrogens with two attached hydrogens (primary N) is 1. The standard InChI is InChI=1S/C20H21Cl2N5O3S2.C18H14Cl2N4O3S2.C12H14ClN3O2S.C7H4ClNO2S.C7H6N2O2S.C6H2ClNO2S/c1-25(2)19(23)14-11-31-18(17(14)22)20(28)26-5-7-27(8-6-26)32(29,30)16-10-12-9-13(21)3-4-15(12)24-16;19-13-1-2-14-11(7-13)8-15(22-14)29(26,27)24-5-3-23(4-6-24)18(25)17-16(20)12(9-21)10-28-17;13-10-1-2-11-9(7-10)8-12(15-11)19(17,18)16-5-3-14-4-6-16;2*1-9-4-3-12-6(5(4)8)7(10)11-2;1-8-3-2-11-5(4(3)7)6(9)10/h3-4,9-11,23-24H,5-8H2,1-2H3;1-2,7-8,10,22H,3-6H2;1-2,7-8,14-15H,3-6H2;3H,2H3;3H,8H2,2H3;2H,(H,9,10). The van der Waals surface area contributed by atoms with E-state index >= 15 is 0 Å². The van der Waals surface area contributed by atoms with Crippen LogP contribution in [0.15, 0.2) is 115 Å². The van der Waals surface area contributed by atoms with Crippen LogP contribution in [-0.2, 0) is 39.5 Å². The molecule has 30 nitrogen and oxygen atoms in total. The maximum Gasteiger partial charge on any atom is 0.348 e. The van der Waals surface area contributed by atoms with Gasteiger partial charge in [-0.15, -0.1) is 56.7 Å². The molecule has 3 aliphatic heterocycles. The Hall–Kier alpha value is -8.92. The Balaban J connectivity index is 0.000000166. The smallest absolute Gasteiger partial charge is 0.348 e. The largest absolute Gasteiger partial charge is 0.477 e. The highest BCUT2D eigenvalue weighted by molar-refractivity contribution is 7.89. The van der Waals surface area contributed by atoms with Gasteiger partial charge in [-0.2, -0.15) is 18.2 Å². The summed E-state index contributed by atoms with van der Waals surface area (Å²) in [7, 11) is -4.88. The molecule has 14 rings (SSSR count). The van der Waals surface area contributed by atoms with Crippen molar-refractivity contribution in [2.75, 3.05) is 113 Å². The summed E-state index contributed by atoms with van der Waals surface area (Å²) in [6.45, 7) is 24.0. The van der Waals surface area contributed by atoms with E-state index in [4.69, 9.17) is 122 Å². The lowest BCUT2D eigenvalue weighted by Crippen LogP contribution is -2.50. The van der Waals surface area contributed by atoms with E-state index in [1.165, 1.54) is 54.6 Å². The molecule has 0 spiro atoms. The molecule has 602 valence electrons. The van der Waals surface area contributed by atoms with Crippen molar-refractivity contribution < 1.29 is 63.8 Å². The molecule has 3 aromatic carbocycles. The van der Waals surface area contributed by atoms with Crippen LogP contribution in [0.2, 0.25) is 35.2 Å². The zero-order valence-electron chi connectivity index (χ0n) is 60.0. The highest BCUT2D eigenvalue weighted by Gasteiger charge is 2.36. The number of nitriles is 1. The fourth-order valence-corrected chi connectivity index (χ4v) is 21.3. The van der Waals surface area contributed by atoms with E-state index in [9.17, 15) is 49.2 Å². The first-order valence-electron chi connectivity index (χ1n) is 32.8. The summed E-state index contributed by atoms with van der Waals surface area (Å²) in [5.74, 6) is -2.41. The van der Waals surface area contributed by atoms with Crippen molar-refractivity contribution in [1.82, 2.24) is 47.9 Å². The number of nitrogen functional groups attached to an aromatic ring is 1. The number of aromatic amines is 3. The SMILES string of the molecule is CN(C)C(=N)c1csc(C(=O)N2CCN(S(=O)(=O)c3cc4cc(Cl)ccc4[nH]3)CC2)c1Cl.N#Cc1csc(C(=O)N2CCN(S(=O)(=O)c3cc4cc(Cl)ccc4[nH]3)CC2)c1Cl.O=S(=O)(c1cc2cc(Cl)ccc2[nH]1)N1CCNCC1.[C-]#[N+]c1csc(C(=O)O)c1Cl.[C-]#[N+]c1csc(C(=O)OC)c1Cl.[C-]#[N+]c1csc(C(=O)OC)c1N. The number of aromatic nitrogens is 3. The molecular weight excluding hydrogens is 1790 g/mol. The third kappa shape index (κ3) is 20.9. The Kier molecular flexibility index (Phi) is 30.8. The molecule has 0 unspecified atom stereocenters. The molecule has 0 atom stereocenters. The second-order valence-electron chi connectivity index (χ2n) is 24.1. The molecule has 8 aromatic heterocycles. The molecule has 8 N–H and O–H groups in total. The van der Waals surface area contributed by atoms with E-state index in [1.54, 1.807) is 112 Å². The normalized spacial score (nSPS) is 13.9. The zero-order valence-corrected chi connectivity index (χ0v) is 71.8. The summed E-state index contributed by atoms with van der Waals surface area (Å²) in [5.41, 5.74) is 9.41. The minimum Gasteiger partial charge on any atom is -0.477 e. The van der Waals surface area contributed by atoms with E-state index in [0.29, 0.717) is 89.2 Å². The number of esters is 2. The molecule has 0 aliphatic carbocycles. The number of H-pyrrole nitrogens is 3. The fourth-order valence-electron chi connectivity index (χ4n) is 10.8. The number of carbonyl (C=O) groups excluding carboxylic acids is 4. The van der Waals surface area contributed by atoms with Crippen LogP contribution >= 0.6 is 138 Å². The molecule has 0 saturated carbocycles. The van der Waals surface area contributed by atoms with Crippen molar-refractivity contribution in [3.8, 4) is 6.07 Å². The number of hydrogen-bond donors (Lipinski definition) is 7. The van der Waals surface area contributed by atoms with Gasteiger partial charge in [0.1, 0.15) is 51.4 Å². The number of anilines is 1. The van der Waals surface area contributed by atoms with Gasteiger partial charge in [0.05, 0.1) is 65.3 Å². The number of rotatable bonds is 12. The summed E-state index contributed by atoms with van der Waals surface area (Å²) < 4.78 is 90.3. The van der Waals surface area contributed by atoms with E-state index in [0.717, 1.165) is 61.6 Å². The first-order valence-corrected chi connectivity index (χ1v) is 44.2. The summed E-state index contributed by atoms with van der Waals surface area (Å²) in [6, 6.07) is 22.2. The lowest BCUT2D eigenvalue weighted by Gasteiger charge is -2.33. The first-order chi connectivity index (χ1) is 54.5. The Bertz CT molecular complexity index is 6010. The van der Waals surface area contributed by atoms with Gasteiger partial charge in [0.15, 0.2) is 0 Å². The summed E-state index contributed by atoms with van der Waals surface area (Å²) in [4.78, 5) is 82.1. The Labute approximate surface area is 713 Å². The molecule has 0 radical (unpaired) electrons. The number of amides is 2. The molecule has 11 heterocycles. The highest BCUT2D eigenvalue weighted by Crippen LogP contribution is 2.38. The van der Waals surface area contributed by atoms with E-state index in [2.05, 4.69) is 44.3 Å². The number of aromatic carboxylic acids is 1. The highest BCUT2D eigenvalue weighted by atomic mass is 35.5. The number of sulfonamides is 3. The number of benzene rings is 3. The van der Waals surface area contributed by atoms with Gasteiger partial charge in [-0.1, -0.05) is 81.2 Å². The summed E-state index contributed by atoms with van der Waals surface area (Å²) >= 11 is 47.1. The molecule has 3 saturated heterocycles. The van der Waals surface area contributed by atoms with Crippen LogP contribution in [0.4, 0.5) is 22.7 Å². The number of ether oxygens (including phenoxy) is 2. The molecule has 45 heteroatoms. The van der Waals surface area contributed by atoms with Gasteiger partial charge in [0.25, 0.3) is 41.9 Å². The molecule has 3 aliphatic rings. The predicted octanol–water partition coefficient (Wildman–Crippen LogP) is 15.6. The van der Waals surface area contributed by atoms with Crippen molar-refractivity contribution in [3.63, 3.8) is 0 Å². The molecular formula is C70H61Cl7N16O14S8. The number of carboxylic acid groups (broad SMARTS) is 1. The number of thiophene rings is 5. The van der Waals surface area contributed by atoms with Crippen LogP contribution in [0.3, 0.4) is 0 Å². The quantitative estimate of drug-likeness (QED) is 0.0258. The monoisotopic (exact) mass is 1850 g/mol. The lowest BCUT2D eigenvalue weighted by atomic mass is 10.2. The van der Waals surface area contributed by atoms with Gasteiger partial charge in [-0.25, -0.2) is 54.2 Å². The van der Waals surface area contributed by atoms with E-state index < -0.39 is 48.0 Å². The zero-order chi connectivity index (χ0) is 84.1. The van der Waals surface area contributed by atoms with Gasteiger partial charge in [0.2, 0.25) is 17.1 Å². The second-order valence-corrected chi connectivity index (χ2v) is 37.0. The number of amidine groups is 1. The molecule has 115 heavy (non-hydrogen) atoms. The van der Waals surface area contributed by atoms with Crippen LogP contribution in [0.1, 0.15) is 59.5 Å². The topological polar surface area (TPSA) is 392 Å².